The van der Waals surface area contributed by atoms with Gasteiger partial charge in [-0.05, 0) is 32.5 Å². The molecule has 0 amide bonds. The Balaban J connectivity index is 2.33. The predicted octanol–water partition coefficient (Wildman–Crippen LogP) is 2.33. The summed E-state index contributed by atoms with van der Waals surface area (Å²) in [4.78, 5) is 2.21. The molecular formula is C14H24N2. The van der Waals surface area contributed by atoms with Gasteiger partial charge in [-0.1, -0.05) is 37.3 Å². The van der Waals surface area contributed by atoms with Gasteiger partial charge in [0.05, 0.1) is 0 Å². The molecule has 16 heavy (non-hydrogen) atoms. The van der Waals surface area contributed by atoms with Crippen LogP contribution in [0.4, 0.5) is 0 Å². The molecular weight excluding hydrogens is 196 g/mol. The molecule has 0 saturated heterocycles. The number of benzene rings is 1. The summed E-state index contributed by atoms with van der Waals surface area (Å²) in [6.45, 7) is 6.63. The molecule has 0 fully saturated rings. The van der Waals surface area contributed by atoms with Gasteiger partial charge < -0.3 is 10.2 Å². The third kappa shape index (κ3) is 4.77. The average Bonchev–Trinajstić information content (AvgIpc) is 2.26. The number of hydrogen-bond donors (Lipinski definition) is 1. The minimum absolute atomic E-state index is 0.543. The van der Waals surface area contributed by atoms with Crippen molar-refractivity contribution >= 4 is 0 Å². The molecule has 2 atom stereocenters. The lowest BCUT2D eigenvalue weighted by Gasteiger charge is -2.21. The summed E-state index contributed by atoms with van der Waals surface area (Å²) in [5, 5.41) is 3.57. The van der Waals surface area contributed by atoms with Crippen molar-refractivity contribution in [3.8, 4) is 0 Å². The van der Waals surface area contributed by atoms with E-state index in [1.807, 2.05) is 0 Å². The maximum atomic E-state index is 3.57. The zero-order chi connectivity index (χ0) is 12.0. The fraction of sp³-hybridized carbons (Fsp3) is 0.571. The molecule has 2 heteroatoms. The third-order valence-corrected chi connectivity index (χ3v) is 2.78. The summed E-state index contributed by atoms with van der Waals surface area (Å²) in [6, 6.07) is 11.2. The fourth-order valence-corrected chi connectivity index (χ4v) is 1.89. The smallest absolute Gasteiger partial charge is 0.0166 e. The van der Waals surface area contributed by atoms with E-state index in [1.54, 1.807) is 0 Å². The van der Waals surface area contributed by atoms with E-state index in [4.69, 9.17) is 0 Å². The van der Waals surface area contributed by atoms with E-state index in [0.29, 0.717) is 12.0 Å². The minimum atomic E-state index is 0.543. The van der Waals surface area contributed by atoms with Crippen molar-refractivity contribution in [1.29, 1.82) is 0 Å². The van der Waals surface area contributed by atoms with Crippen LogP contribution in [0.25, 0.3) is 0 Å². The van der Waals surface area contributed by atoms with E-state index in [2.05, 4.69) is 68.5 Å². The minimum Gasteiger partial charge on any atom is -0.312 e. The average molecular weight is 220 g/mol. The van der Waals surface area contributed by atoms with Crippen LogP contribution in [0, 0.1) is 0 Å². The standard InChI is InChI=1S/C14H24N2/c1-12(14-8-6-5-7-9-14)10-15-13(2)11-16(3)4/h5-9,12-13,15H,10-11H2,1-4H3. The van der Waals surface area contributed by atoms with Crippen LogP contribution in [0.2, 0.25) is 0 Å². The van der Waals surface area contributed by atoms with Crippen molar-refractivity contribution in [3.05, 3.63) is 35.9 Å². The van der Waals surface area contributed by atoms with Crippen LogP contribution >= 0.6 is 0 Å². The third-order valence-electron chi connectivity index (χ3n) is 2.78. The molecule has 0 aliphatic rings. The van der Waals surface area contributed by atoms with E-state index < -0.39 is 0 Å². The molecule has 1 aromatic carbocycles. The van der Waals surface area contributed by atoms with Gasteiger partial charge in [0.1, 0.15) is 0 Å². The van der Waals surface area contributed by atoms with Crippen LogP contribution in [0.3, 0.4) is 0 Å². The Kier molecular flexibility index (Phi) is 5.50. The Morgan fingerprint density at radius 1 is 1.12 bits per heavy atom. The molecule has 0 aliphatic heterocycles. The van der Waals surface area contributed by atoms with Gasteiger partial charge in [-0.15, -0.1) is 0 Å². The van der Waals surface area contributed by atoms with E-state index in [1.165, 1.54) is 5.56 Å². The Morgan fingerprint density at radius 2 is 1.75 bits per heavy atom. The highest BCUT2D eigenvalue weighted by Crippen LogP contribution is 2.13. The highest BCUT2D eigenvalue weighted by Gasteiger charge is 2.07. The molecule has 2 nitrogen and oxygen atoms in total. The molecule has 0 aliphatic carbocycles. The van der Waals surface area contributed by atoms with Gasteiger partial charge in [0.15, 0.2) is 0 Å². The summed E-state index contributed by atoms with van der Waals surface area (Å²) in [5.74, 6) is 0.575. The van der Waals surface area contributed by atoms with Crippen LogP contribution in [0.15, 0.2) is 30.3 Å². The molecule has 0 saturated carbocycles. The first kappa shape index (κ1) is 13.2. The largest absolute Gasteiger partial charge is 0.312 e. The molecule has 90 valence electrons. The van der Waals surface area contributed by atoms with E-state index in [-0.39, 0.29) is 0 Å². The van der Waals surface area contributed by atoms with Gasteiger partial charge in [0.2, 0.25) is 0 Å². The van der Waals surface area contributed by atoms with Crippen molar-refractivity contribution in [1.82, 2.24) is 10.2 Å². The molecule has 0 bridgehead atoms. The summed E-state index contributed by atoms with van der Waals surface area (Å²) in [6.07, 6.45) is 0. The van der Waals surface area contributed by atoms with E-state index in [0.717, 1.165) is 13.1 Å². The van der Waals surface area contributed by atoms with Crippen LogP contribution in [0.1, 0.15) is 25.3 Å². The highest BCUT2D eigenvalue weighted by atomic mass is 15.1. The quantitative estimate of drug-likeness (QED) is 0.791. The number of nitrogens with zero attached hydrogens (tertiary/aromatic N) is 1. The first-order chi connectivity index (χ1) is 7.59. The van der Waals surface area contributed by atoms with Crippen molar-refractivity contribution in [3.63, 3.8) is 0 Å². The van der Waals surface area contributed by atoms with E-state index in [9.17, 15) is 0 Å². The van der Waals surface area contributed by atoms with Crippen LogP contribution < -0.4 is 5.32 Å². The Bertz CT molecular complexity index is 282. The van der Waals surface area contributed by atoms with Gasteiger partial charge in [-0.25, -0.2) is 0 Å². The van der Waals surface area contributed by atoms with Gasteiger partial charge in [-0.2, -0.15) is 0 Å². The Hall–Kier alpha value is -0.860. The lowest BCUT2D eigenvalue weighted by Crippen LogP contribution is -2.37. The number of nitrogens with one attached hydrogen (secondary N) is 1. The van der Waals surface area contributed by atoms with Gasteiger partial charge >= 0.3 is 0 Å². The lowest BCUT2D eigenvalue weighted by atomic mass is 10.0. The lowest BCUT2D eigenvalue weighted by molar-refractivity contribution is 0.347. The highest BCUT2D eigenvalue weighted by molar-refractivity contribution is 5.18. The summed E-state index contributed by atoms with van der Waals surface area (Å²) in [5.41, 5.74) is 1.41. The fourth-order valence-electron chi connectivity index (χ4n) is 1.89. The summed E-state index contributed by atoms with van der Waals surface area (Å²) < 4.78 is 0. The topological polar surface area (TPSA) is 15.3 Å². The maximum Gasteiger partial charge on any atom is 0.0166 e. The molecule has 0 radical (unpaired) electrons. The van der Waals surface area contributed by atoms with Crippen molar-refractivity contribution < 1.29 is 0 Å². The van der Waals surface area contributed by atoms with Crippen molar-refractivity contribution in [2.45, 2.75) is 25.8 Å². The van der Waals surface area contributed by atoms with Crippen molar-refractivity contribution in [2.75, 3.05) is 27.2 Å². The second kappa shape index (κ2) is 6.66. The Labute approximate surface area is 99.7 Å². The summed E-state index contributed by atoms with van der Waals surface area (Å²) in [7, 11) is 4.22. The predicted molar refractivity (Wildman–Crippen MR) is 70.9 cm³/mol. The second-order valence-corrected chi connectivity index (χ2v) is 4.88. The summed E-state index contributed by atoms with van der Waals surface area (Å²) >= 11 is 0. The van der Waals surface area contributed by atoms with Crippen molar-refractivity contribution in [2.24, 2.45) is 0 Å². The molecule has 2 unspecified atom stereocenters. The molecule has 1 aromatic rings. The van der Waals surface area contributed by atoms with Crippen LogP contribution in [0.5, 0.6) is 0 Å². The Morgan fingerprint density at radius 3 is 2.31 bits per heavy atom. The zero-order valence-electron chi connectivity index (χ0n) is 10.9. The monoisotopic (exact) mass is 220 g/mol. The zero-order valence-corrected chi connectivity index (χ0v) is 10.9. The number of rotatable bonds is 6. The van der Waals surface area contributed by atoms with Gasteiger partial charge in [0.25, 0.3) is 0 Å². The normalized spacial score (nSPS) is 15.1. The SMILES string of the molecule is CC(CN(C)C)NCC(C)c1ccccc1. The first-order valence-electron chi connectivity index (χ1n) is 6.02. The number of likely N-dealkylation sites (N-methyl/N-ethyl adjacent to an activating group) is 1. The molecule has 0 spiro atoms. The second-order valence-electron chi connectivity index (χ2n) is 4.88. The molecule has 0 heterocycles. The van der Waals surface area contributed by atoms with Gasteiger partial charge in [-0.3, -0.25) is 0 Å². The maximum absolute atomic E-state index is 3.57. The molecule has 0 aromatic heterocycles. The first-order valence-corrected chi connectivity index (χ1v) is 6.02. The molecule has 1 rings (SSSR count). The van der Waals surface area contributed by atoms with E-state index >= 15 is 0 Å². The van der Waals surface area contributed by atoms with Gasteiger partial charge in [0, 0.05) is 19.1 Å². The van der Waals surface area contributed by atoms with Crippen LogP contribution in [-0.4, -0.2) is 38.1 Å². The number of hydrogen-bond acceptors (Lipinski definition) is 2. The molecule has 1 N–H and O–H groups in total. The van der Waals surface area contributed by atoms with Crippen LogP contribution in [-0.2, 0) is 0 Å².